The van der Waals surface area contributed by atoms with Gasteiger partial charge in [-0.05, 0) is 97.1 Å². The maximum absolute atomic E-state index is 6.51. The average molecular weight is 695 g/mol. The largest absolute Gasteiger partial charge is 0.456 e. The summed E-state index contributed by atoms with van der Waals surface area (Å²) >= 11 is 0. The van der Waals surface area contributed by atoms with Crippen LogP contribution in [0.5, 0.6) is 0 Å². The van der Waals surface area contributed by atoms with E-state index in [1.54, 1.807) is 0 Å². The molecule has 7 aromatic carbocycles. The average Bonchev–Trinajstić information content (AvgIpc) is 4.02. The van der Waals surface area contributed by atoms with Crippen LogP contribution in [-0.2, 0) is 0 Å². The van der Waals surface area contributed by atoms with Crippen molar-refractivity contribution < 1.29 is 4.42 Å². The smallest absolute Gasteiger partial charge is 0.223 e. The Morgan fingerprint density at radius 1 is 0.333 bits per heavy atom. The lowest BCUT2D eigenvalue weighted by Gasteiger charge is -2.08. The molecule has 0 saturated heterocycles. The van der Waals surface area contributed by atoms with E-state index < -0.39 is 0 Å². The number of benzene rings is 7. The van der Waals surface area contributed by atoms with Gasteiger partial charge in [-0.25, -0.2) is 19.5 Å². The SMILES string of the molecule is c1ccc2c(c1)nc1n(-c3ccc4oc5ccc(-n6c7nc8ccccc8n7c7ccccc7n7c8ccccc8nc67)cc5c4c3)c3ccccc3n21. The first-order valence-electron chi connectivity index (χ1n) is 18.0. The fourth-order valence-electron chi connectivity index (χ4n) is 8.60. The summed E-state index contributed by atoms with van der Waals surface area (Å²) < 4.78 is 17.7. The Labute approximate surface area is 304 Å². The van der Waals surface area contributed by atoms with Gasteiger partial charge in [-0.2, -0.15) is 0 Å². The van der Waals surface area contributed by atoms with Gasteiger partial charge >= 0.3 is 0 Å². The minimum absolute atomic E-state index is 0.762. The van der Waals surface area contributed by atoms with Gasteiger partial charge in [-0.3, -0.25) is 17.8 Å². The lowest BCUT2D eigenvalue weighted by atomic mass is 10.1. The normalized spacial score (nSPS) is 12.4. The predicted octanol–water partition coefficient (Wildman–Crippen LogP) is 10.4. The summed E-state index contributed by atoms with van der Waals surface area (Å²) in [4.78, 5) is 15.7. The molecule has 0 amide bonds. The van der Waals surface area contributed by atoms with Crippen LogP contribution in [0.1, 0.15) is 0 Å². The van der Waals surface area contributed by atoms with Crippen LogP contribution < -0.4 is 0 Å². The van der Waals surface area contributed by atoms with Crippen molar-refractivity contribution in [2.75, 3.05) is 0 Å². The molecule has 0 N–H and O–H groups in total. The molecule has 0 unspecified atom stereocenters. The van der Waals surface area contributed by atoms with Crippen LogP contribution in [0.4, 0.5) is 0 Å². The van der Waals surface area contributed by atoms with Crippen LogP contribution in [0.15, 0.2) is 162 Å². The highest BCUT2D eigenvalue weighted by molar-refractivity contribution is 6.07. The van der Waals surface area contributed by atoms with Gasteiger partial charge in [-0.1, -0.05) is 60.7 Å². The van der Waals surface area contributed by atoms with Crippen molar-refractivity contribution >= 4 is 94.4 Å². The second-order valence-electron chi connectivity index (χ2n) is 13.8. The zero-order valence-electron chi connectivity index (χ0n) is 28.5. The second kappa shape index (κ2) is 10.0. The monoisotopic (exact) mass is 694 g/mol. The van der Waals surface area contributed by atoms with Crippen LogP contribution in [-0.4, -0.2) is 37.3 Å². The molecule has 0 aliphatic carbocycles. The van der Waals surface area contributed by atoms with E-state index in [0.29, 0.717) is 0 Å². The summed E-state index contributed by atoms with van der Waals surface area (Å²) in [6.45, 7) is 0. The third-order valence-corrected chi connectivity index (χ3v) is 10.9. The van der Waals surface area contributed by atoms with Crippen molar-refractivity contribution in [2.45, 2.75) is 0 Å². The Morgan fingerprint density at radius 3 is 1.15 bits per heavy atom. The molecule has 0 bridgehead atoms. The van der Waals surface area contributed by atoms with Crippen molar-refractivity contribution in [1.29, 1.82) is 0 Å². The fraction of sp³-hybridized carbons (Fsp3) is 0. The third-order valence-electron chi connectivity index (χ3n) is 10.9. The Kier molecular flexibility index (Phi) is 5.20. The van der Waals surface area contributed by atoms with Gasteiger partial charge in [0.25, 0.3) is 0 Å². The highest BCUT2D eigenvalue weighted by Gasteiger charge is 2.21. The molecule has 54 heavy (non-hydrogen) atoms. The molecule has 13 rings (SSSR count). The summed E-state index contributed by atoms with van der Waals surface area (Å²) in [6.07, 6.45) is 0. The van der Waals surface area contributed by atoms with Gasteiger partial charge in [0.2, 0.25) is 17.3 Å². The molecule has 0 aliphatic heterocycles. The number of para-hydroxylation sites is 10. The molecule has 6 aromatic heterocycles. The van der Waals surface area contributed by atoms with Crippen LogP contribution in [0.3, 0.4) is 0 Å². The number of aromatic nitrogens is 8. The van der Waals surface area contributed by atoms with E-state index in [2.05, 4.69) is 162 Å². The lowest BCUT2D eigenvalue weighted by Crippen LogP contribution is -2.02. The van der Waals surface area contributed by atoms with Crippen LogP contribution >= 0.6 is 0 Å². The molecular formula is C45H26N8O. The molecule has 0 atom stereocenters. The lowest BCUT2D eigenvalue weighted by molar-refractivity contribution is 0.668. The Morgan fingerprint density at radius 2 is 0.685 bits per heavy atom. The minimum atomic E-state index is 0.762. The molecule has 0 fully saturated rings. The standard InChI is InChI=1S/C45H26N8O/c1-4-14-34-31(11-1)46-43-49(37-17-7-8-18-38(37)51(34)43)27-21-23-41-29(25-27)30-26-28(22-24-42(30)54-41)50-44-47-32-12-2-5-15-35(32)52(44)39-19-9-10-20-40(39)53-36-16-6-3-13-33(36)48-45(50)53/h1-26H. The third kappa shape index (κ3) is 3.54. The van der Waals surface area contributed by atoms with Crippen molar-refractivity contribution in [3.05, 3.63) is 158 Å². The van der Waals surface area contributed by atoms with Crippen LogP contribution in [0, 0.1) is 0 Å². The fourth-order valence-corrected chi connectivity index (χ4v) is 8.60. The van der Waals surface area contributed by atoms with Crippen molar-refractivity contribution in [3.8, 4) is 11.4 Å². The molecule has 252 valence electrons. The van der Waals surface area contributed by atoms with E-state index in [9.17, 15) is 0 Å². The maximum Gasteiger partial charge on any atom is 0.223 e. The van der Waals surface area contributed by atoms with Crippen molar-refractivity contribution in [3.63, 3.8) is 0 Å². The first-order chi connectivity index (χ1) is 26.8. The highest BCUT2D eigenvalue weighted by atomic mass is 16.3. The van der Waals surface area contributed by atoms with Gasteiger partial charge in [0, 0.05) is 10.8 Å². The Hall–Kier alpha value is -7.65. The molecule has 9 nitrogen and oxygen atoms in total. The number of hydrogen-bond acceptors (Lipinski definition) is 4. The molecule has 0 saturated carbocycles. The quantitative estimate of drug-likeness (QED) is 0.181. The molecule has 13 aromatic rings. The molecule has 0 spiro atoms. The predicted molar refractivity (Wildman–Crippen MR) is 215 cm³/mol. The van der Waals surface area contributed by atoms with E-state index in [-0.39, 0.29) is 0 Å². The van der Waals surface area contributed by atoms with Gasteiger partial charge < -0.3 is 4.42 Å². The molecule has 6 heterocycles. The molecular weight excluding hydrogens is 669 g/mol. The van der Waals surface area contributed by atoms with Gasteiger partial charge in [0.05, 0.1) is 66.5 Å². The minimum Gasteiger partial charge on any atom is -0.456 e. The maximum atomic E-state index is 6.51. The van der Waals surface area contributed by atoms with Crippen LogP contribution in [0.25, 0.3) is 106 Å². The van der Waals surface area contributed by atoms with E-state index in [4.69, 9.17) is 19.4 Å². The summed E-state index contributed by atoms with van der Waals surface area (Å²) in [5, 5.41) is 2.01. The van der Waals surface area contributed by atoms with Crippen molar-refractivity contribution in [1.82, 2.24) is 37.3 Å². The van der Waals surface area contributed by atoms with Gasteiger partial charge in [0.1, 0.15) is 11.2 Å². The number of hydrogen-bond donors (Lipinski definition) is 0. The Balaban J connectivity index is 1.14. The number of furan rings is 1. The second-order valence-corrected chi connectivity index (χ2v) is 13.8. The Bertz CT molecular complexity index is 3640. The summed E-state index contributed by atoms with van der Waals surface area (Å²) in [7, 11) is 0. The summed E-state index contributed by atoms with van der Waals surface area (Å²) in [5.41, 5.74) is 13.7. The summed E-state index contributed by atoms with van der Waals surface area (Å²) in [5.74, 6) is 2.39. The first-order valence-corrected chi connectivity index (χ1v) is 18.0. The van der Waals surface area contributed by atoms with E-state index in [1.165, 1.54) is 0 Å². The number of fused-ring (bicyclic) bond motifs is 17. The van der Waals surface area contributed by atoms with Gasteiger partial charge in [-0.15, -0.1) is 0 Å². The number of imidazole rings is 4. The van der Waals surface area contributed by atoms with Gasteiger partial charge in [0.15, 0.2) is 0 Å². The van der Waals surface area contributed by atoms with E-state index >= 15 is 0 Å². The number of rotatable bonds is 2. The van der Waals surface area contributed by atoms with Crippen molar-refractivity contribution in [2.24, 2.45) is 0 Å². The molecule has 0 aliphatic rings. The zero-order valence-corrected chi connectivity index (χ0v) is 28.5. The first kappa shape index (κ1) is 28.0. The molecule has 9 heteroatoms. The highest BCUT2D eigenvalue weighted by Crippen LogP contribution is 2.36. The number of nitrogens with zero attached hydrogens (tertiary/aromatic N) is 8. The topological polar surface area (TPSA) is 74.9 Å². The van der Waals surface area contributed by atoms with Crippen LogP contribution in [0.2, 0.25) is 0 Å². The van der Waals surface area contributed by atoms with E-state index in [1.807, 2.05) is 18.2 Å². The molecule has 0 radical (unpaired) electrons. The summed E-state index contributed by atoms with van der Waals surface area (Å²) in [6, 6.07) is 54.7. The van der Waals surface area contributed by atoms with E-state index in [0.717, 1.165) is 106 Å². The zero-order chi connectivity index (χ0) is 35.1.